The van der Waals surface area contributed by atoms with E-state index in [1.54, 1.807) is 0 Å². The van der Waals surface area contributed by atoms with Crippen molar-refractivity contribution in [3.8, 4) is 0 Å². The SMILES string of the molecule is Nc1c(Br)cccc1C1(O)CCCNC1. The molecule has 1 aromatic carbocycles. The topological polar surface area (TPSA) is 58.3 Å². The Balaban J connectivity index is 2.39. The van der Waals surface area contributed by atoms with Crippen LogP contribution in [0.15, 0.2) is 22.7 Å². The third-order valence-corrected chi connectivity index (χ3v) is 3.61. The third-order valence-electron chi connectivity index (χ3n) is 2.92. The number of halogens is 1. The van der Waals surface area contributed by atoms with Crippen molar-refractivity contribution in [1.29, 1.82) is 0 Å². The molecule has 3 nitrogen and oxygen atoms in total. The monoisotopic (exact) mass is 270 g/mol. The van der Waals surface area contributed by atoms with Gasteiger partial charge in [0.05, 0.1) is 5.69 Å². The summed E-state index contributed by atoms with van der Waals surface area (Å²) in [5.74, 6) is 0. The quantitative estimate of drug-likeness (QED) is 0.680. The Kier molecular flexibility index (Phi) is 3.00. The van der Waals surface area contributed by atoms with E-state index >= 15 is 0 Å². The Hall–Kier alpha value is -0.580. The lowest BCUT2D eigenvalue weighted by atomic mass is 9.86. The van der Waals surface area contributed by atoms with Crippen molar-refractivity contribution in [2.45, 2.75) is 18.4 Å². The van der Waals surface area contributed by atoms with Crippen molar-refractivity contribution in [3.63, 3.8) is 0 Å². The molecule has 0 aromatic heterocycles. The fraction of sp³-hybridized carbons (Fsp3) is 0.455. The maximum absolute atomic E-state index is 10.5. The van der Waals surface area contributed by atoms with E-state index in [0.29, 0.717) is 12.2 Å². The summed E-state index contributed by atoms with van der Waals surface area (Å²) in [6, 6.07) is 5.69. The van der Waals surface area contributed by atoms with E-state index in [4.69, 9.17) is 5.73 Å². The van der Waals surface area contributed by atoms with Gasteiger partial charge >= 0.3 is 0 Å². The first kappa shape index (κ1) is 10.9. The molecule has 1 fully saturated rings. The number of nitrogen functional groups attached to an aromatic ring is 1. The van der Waals surface area contributed by atoms with Crippen molar-refractivity contribution >= 4 is 21.6 Å². The highest BCUT2D eigenvalue weighted by Gasteiger charge is 2.33. The summed E-state index contributed by atoms with van der Waals surface area (Å²) in [4.78, 5) is 0. The van der Waals surface area contributed by atoms with Crippen molar-refractivity contribution in [1.82, 2.24) is 5.32 Å². The second-order valence-corrected chi connectivity index (χ2v) is 4.87. The van der Waals surface area contributed by atoms with Gasteiger partial charge < -0.3 is 16.2 Å². The predicted molar refractivity (Wildman–Crippen MR) is 64.6 cm³/mol. The molecule has 0 bridgehead atoms. The molecule has 1 unspecified atom stereocenters. The van der Waals surface area contributed by atoms with Crippen LogP contribution in [0.2, 0.25) is 0 Å². The van der Waals surface area contributed by atoms with Crippen LogP contribution in [0, 0.1) is 0 Å². The lowest BCUT2D eigenvalue weighted by Gasteiger charge is -2.34. The Morgan fingerprint density at radius 2 is 2.27 bits per heavy atom. The molecule has 15 heavy (non-hydrogen) atoms. The molecule has 0 spiro atoms. The summed E-state index contributed by atoms with van der Waals surface area (Å²) < 4.78 is 0.846. The zero-order valence-electron chi connectivity index (χ0n) is 8.46. The number of β-amino-alcohol motifs (C(OH)–C–C–N with tert-alkyl or cyclic N) is 1. The number of rotatable bonds is 1. The molecule has 1 saturated heterocycles. The smallest absolute Gasteiger partial charge is 0.104 e. The number of hydrogen-bond donors (Lipinski definition) is 3. The Morgan fingerprint density at radius 1 is 1.47 bits per heavy atom. The molecule has 1 heterocycles. The first-order valence-electron chi connectivity index (χ1n) is 5.11. The fourth-order valence-corrected chi connectivity index (χ4v) is 2.43. The molecule has 0 radical (unpaired) electrons. The number of nitrogens with one attached hydrogen (secondary N) is 1. The normalized spacial score (nSPS) is 26.5. The minimum absolute atomic E-state index is 0.577. The number of benzene rings is 1. The fourth-order valence-electron chi connectivity index (χ4n) is 2.06. The van der Waals surface area contributed by atoms with Crippen LogP contribution in [-0.2, 0) is 5.60 Å². The van der Waals surface area contributed by atoms with Crippen molar-refractivity contribution in [2.24, 2.45) is 0 Å². The van der Waals surface area contributed by atoms with Gasteiger partial charge in [-0.2, -0.15) is 0 Å². The number of aliphatic hydroxyl groups is 1. The largest absolute Gasteiger partial charge is 0.398 e. The van der Waals surface area contributed by atoms with Crippen LogP contribution >= 0.6 is 15.9 Å². The Labute approximate surface area is 97.8 Å². The first-order valence-corrected chi connectivity index (χ1v) is 5.90. The third kappa shape index (κ3) is 2.02. The highest BCUT2D eigenvalue weighted by atomic mass is 79.9. The van der Waals surface area contributed by atoms with Gasteiger partial charge in [0.1, 0.15) is 5.60 Å². The van der Waals surface area contributed by atoms with Gasteiger partial charge in [0.25, 0.3) is 0 Å². The highest BCUT2D eigenvalue weighted by molar-refractivity contribution is 9.10. The molecule has 0 amide bonds. The summed E-state index contributed by atoms with van der Waals surface area (Å²) in [5.41, 5.74) is 6.62. The summed E-state index contributed by atoms with van der Waals surface area (Å²) in [7, 11) is 0. The van der Waals surface area contributed by atoms with E-state index in [1.807, 2.05) is 18.2 Å². The molecule has 4 heteroatoms. The van der Waals surface area contributed by atoms with Crippen LogP contribution < -0.4 is 11.1 Å². The number of piperidine rings is 1. The van der Waals surface area contributed by atoms with Crippen molar-refractivity contribution in [2.75, 3.05) is 18.8 Å². The minimum Gasteiger partial charge on any atom is -0.398 e. The number of para-hydroxylation sites is 1. The van der Waals surface area contributed by atoms with E-state index < -0.39 is 5.60 Å². The molecule has 1 aliphatic rings. The molecular weight excluding hydrogens is 256 g/mol. The van der Waals surface area contributed by atoms with Crippen molar-refractivity contribution < 1.29 is 5.11 Å². The second-order valence-electron chi connectivity index (χ2n) is 4.01. The van der Waals surface area contributed by atoms with Crippen LogP contribution in [-0.4, -0.2) is 18.2 Å². The van der Waals surface area contributed by atoms with Gasteiger partial charge in [-0.05, 0) is 41.4 Å². The molecule has 0 saturated carbocycles. The average Bonchev–Trinajstić information content (AvgIpc) is 2.23. The number of anilines is 1. The second kappa shape index (κ2) is 4.12. The zero-order chi connectivity index (χ0) is 10.9. The Bertz CT molecular complexity index is 362. The maximum Gasteiger partial charge on any atom is 0.104 e. The molecular formula is C11H15BrN2O. The average molecular weight is 271 g/mol. The summed E-state index contributed by atoms with van der Waals surface area (Å²) in [6.45, 7) is 1.55. The summed E-state index contributed by atoms with van der Waals surface area (Å²) in [6.07, 6.45) is 1.74. The molecule has 2 rings (SSSR count). The summed E-state index contributed by atoms with van der Waals surface area (Å²) >= 11 is 3.38. The minimum atomic E-state index is -0.813. The van der Waals surface area contributed by atoms with Gasteiger partial charge in [0, 0.05) is 16.6 Å². The lowest BCUT2D eigenvalue weighted by molar-refractivity contribution is 0.0130. The highest BCUT2D eigenvalue weighted by Crippen LogP contribution is 2.35. The molecule has 82 valence electrons. The van der Waals surface area contributed by atoms with Crippen LogP contribution in [0.4, 0.5) is 5.69 Å². The first-order chi connectivity index (χ1) is 7.13. The van der Waals surface area contributed by atoms with E-state index in [0.717, 1.165) is 29.4 Å². The lowest BCUT2D eigenvalue weighted by Crippen LogP contribution is -2.43. The van der Waals surface area contributed by atoms with Crippen LogP contribution in [0.5, 0.6) is 0 Å². The summed E-state index contributed by atoms with van der Waals surface area (Å²) in [5, 5.41) is 13.7. The van der Waals surface area contributed by atoms with E-state index in [1.165, 1.54) is 0 Å². The van der Waals surface area contributed by atoms with Gasteiger partial charge in [-0.15, -0.1) is 0 Å². The molecule has 4 N–H and O–H groups in total. The van der Waals surface area contributed by atoms with Crippen LogP contribution in [0.1, 0.15) is 18.4 Å². The van der Waals surface area contributed by atoms with Gasteiger partial charge in [-0.25, -0.2) is 0 Å². The standard InChI is InChI=1S/C11H15BrN2O/c12-9-4-1-3-8(10(9)13)11(15)5-2-6-14-7-11/h1,3-4,14-15H,2,5-7,13H2. The van der Waals surface area contributed by atoms with Gasteiger partial charge in [0.15, 0.2) is 0 Å². The molecule has 1 aliphatic heterocycles. The zero-order valence-corrected chi connectivity index (χ0v) is 10.0. The molecule has 1 aromatic rings. The van der Waals surface area contributed by atoms with Gasteiger partial charge in [-0.1, -0.05) is 12.1 Å². The molecule has 1 atom stereocenters. The van der Waals surface area contributed by atoms with E-state index in [9.17, 15) is 5.11 Å². The number of hydrogen-bond acceptors (Lipinski definition) is 3. The van der Waals surface area contributed by atoms with Crippen LogP contribution in [0.3, 0.4) is 0 Å². The van der Waals surface area contributed by atoms with E-state index in [2.05, 4.69) is 21.2 Å². The van der Waals surface area contributed by atoms with Crippen molar-refractivity contribution in [3.05, 3.63) is 28.2 Å². The Morgan fingerprint density at radius 3 is 2.93 bits per heavy atom. The number of nitrogens with two attached hydrogens (primary N) is 1. The predicted octanol–water partition coefficient (Wildman–Crippen LogP) is 1.60. The molecule has 0 aliphatic carbocycles. The van der Waals surface area contributed by atoms with Gasteiger partial charge in [0.2, 0.25) is 0 Å². The maximum atomic E-state index is 10.5. The van der Waals surface area contributed by atoms with E-state index in [-0.39, 0.29) is 0 Å². The van der Waals surface area contributed by atoms with Gasteiger partial charge in [-0.3, -0.25) is 0 Å². The van der Waals surface area contributed by atoms with Crippen LogP contribution in [0.25, 0.3) is 0 Å².